The van der Waals surface area contributed by atoms with Crippen LogP contribution in [0.3, 0.4) is 0 Å². The molecule has 1 aliphatic rings. The molecule has 3 rings (SSSR count). The van der Waals surface area contributed by atoms with Crippen molar-refractivity contribution in [1.29, 1.82) is 0 Å². The van der Waals surface area contributed by atoms with E-state index in [0.717, 1.165) is 9.13 Å². The molecule has 0 bridgehead atoms. The Kier molecular flexibility index (Phi) is 3.78. The number of hydrogen-bond donors (Lipinski definition) is 1. The number of hydrogen-bond acceptors (Lipinski definition) is 5. The van der Waals surface area contributed by atoms with E-state index in [-0.39, 0.29) is 12.7 Å². The van der Waals surface area contributed by atoms with Crippen molar-refractivity contribution in [2.24, 2.45) is 12.1 Å². The van der Waals surface area contributed by atoms with Gasteiger partial charge in [-0.25, -0.2) is 5.43 Å². The third-order valence-electron chi connectivity index (χ3n) is 2.78. The van der Waals surface area contributed by atoms with Crippen LogP contribution in [0.5, 0.6) is 11.5 Å². The van der Waals surface area contributed by atoms with Crippen LogP contribution < -0.4 is 14.9 Å². The highest BCUT2D eigenvalue weighted by Gasteiger charge is 2.14. The van der Waals surface area contributed by atoms with Crippen LogP contribution in [0.15, 0.2) is 29.5 Å². The van der Waals surface area contributed by atoms with Crippen LogP contribution in [0.4, 0.5) is 0 Å². The number of ether oxygens (including phenoxy) is 2. The standard InChI is InChI=1S/C13H11IN4O3/c1-18-6-9(14)12(17-18)13(19)16-15-5-8-2-3-10-11(4-8)21-7-20-10/h2-6H,7H2,1H3,(H,16,19). The van der Waals surface area contributed by atoms with Crippen LogP contribution in [-0.4, -0.2) is 28.7 Å². The van der Waals surface area contributed by atoms with Gasteiger partial charge in [0, 0.05) is 13.2 Å². The van der Waals surface area contributed by atoms with Crippen molar-refractivity contribution in [3.8, 4) is 11.5 Å². The molecule has 0 atom stereocenters. The summed E-state index contributed by atoms with van der Waals surface area (Å²) in [5, 5.41) is 7.99. The number of benzene rings is 1. The van der Waals surface area contributed by atoms with Gasteiger partial charge in [0.15, 0.2) is 17.2 Å². The summed E-state index contributed by atoms with van der Waals surface area (Å²) in [4.78, 5) is 11.9. The number of nitrogens with zero attached hydrogens (tertiary/aromatic N) is 3. The first kappa shape index (κ1) is 13.9. The van der Waals surface area contributed by atoms with Crippen molar-refractivity contribution in [3.63, 3.8) is 0 Å². The van der Waals surface area contributed by atoms with E-state index in [1.165, 1.54) is 6.21 Å². The van der Waals surface area contributed by atoms with Gasteiger partial charge >= 0.3 is 0 Å². The largest absolute Gasteiger partial charge is 0.454 e. The van der Waals surface area contributed by atoms with Crippen molar-refractivity contribution < 1.29 is 14.3 Å². The number of rotatable bonds is 3. The second-order valence-corrected chi connectivity index (χ2v) is 5.47. The molecule has 0 saturated carbocycles. The predicted octanol–water partition coefficient (Wildman–Crippen LogP) is 1.52. The Hall–Kier alpha value is -2.10. The summed E-state index contributed by atoms with van der Waals surface area (Å²) in [5.74, 6) is 1.03. The van der Waals surface area contributed by atoms with Gasteiger partial charge in [0.1, 0.15) is 0 Å². The van der Waals surface area contributed by atoms with E-state index in [0.29, 0.717) is 17.2 Å². The molecule has 0 aliphatic carbocycles. The van der Waals surface area contributed by atoms with Gasteiger partial charge in [-0.05, 0) is 46.4 Å². The average Bonchev–Trinajstić information content (AvgIpc) is 3.04. The summed E-state index contributed by atoms with van der Waals surface area (Å²) >= 11 is 2.05. The molecule has 0 fully saturated rings. The lowest BCUT2D eigenvalue weighted by atomic mass is 10.2. The van der Waals surface area contributed by atoms with E-state index in [2.05, 4.69) is 38.2 Å². The average molecular weight is 398 g/mol. The smallest absolute Gasteiger partial charge is 0.292 e. The van der Waals surface area contributed by atoms with Crippen LogP contribution in [0.1, 0.15) is 16.1 Å². The molecule has 0 saturated heterocycles. The van der Waals surface area contributed by atoms with Gasteiger partial charge in [0.2, 0.25) is 6.79 Å². The van der Waals surface area contributed by atoms with Gasteiger partial charge in [-0.3, -0.25) is 9.48 Å². The summed E-state index contributed by atoms with van der Waals surface area (Å²) in [6.45, 7) is 0.227. The van der Waals surface area contributed by atoms with Crippen LogP contribution in [0, 0.1) is 3.57 Å². The maximum absolute atomic E-state index is 11.9. The molecule has 2 heterocycles. The third kappa shape index (κ3) is 2.99. The molecule has 2 aromatic rings. The first-order valence-corrected chi connectivity index (χ1v) is 7.13. The number of hydrazone groups is 1. The van der Waals surface area contributed by atoms with Gasteiger partial charge in [-0.1, -0.05) is 0 Å². The molecular weight excluding hydrogens is 387 g/mol. The van der Waals surface area contributed by atoms with E-state index < -0.39 is 0 Å². The maximum Gasteiger partial charge on any atom is 0.292 e. The molecule has 21 heavy (non-hydrogen) atoms. The lowest BCUT2D eigenvalue weighted by Crippen LogP contribution is -2.19. The minimum atomic E-state index is -0.350. The number of amides is 1. The Morgan fingerprint density at radius 2 is 2.29 bits per heavy atom. The van der Waals surface area contributed by atoms with Crippen molar-refractivity contribution >= 4 is 34.7 Å². The summed E-state index contributed by atoms with van der Waals surface area (Å²) in [7, 11) is 1.76. The Bertz CT molecular complexity index is 726. The van der Waals surface area contributed by atoms with Gasteiger partial charge in [0.05, 0.1) is 9.78 Å². The lowest BCUT2D eigenvalue weighted by Gasteiger charge is -1.98. The summed E-state index contributed by atoms with van der Waals surface area (Å²) in [6.07, 6.45) is 3.30. The zero-order valence-corrected chi connectivity index (χ0v) is 13.2. The van der Waals surface area contributed by atoms with Gasteiger partial charge < -0.3 is 9.47 Å². The zero-order chi connectivity index (χ0) is 14.8. The van der Waals surface area contributed by atoms with Crippen LogP contribution in [-0.2, 0) is 7.05 Å². The first-order valence-electron chi connectivity index (χ1n) is 6.05. The van der Waals surface area contributed by atoms with Crippen molar-refractivity contribution in [2.75, 3.05) is 6.79 Å². The Morgan fingerprint density at radius 3 is 3.05 bits per heavy atom. The fraction of sp³-hybridized carbons (Fsp3) is 0.154. The fourth-order valence-corrected chi connectivity index (χ4v) is 2.58. The highest BCUT2D eigenvalue weighted by molar-refractivity contribution is 14.1. The molecule has 8 heteroatoms. The van der Waals surface area contributed by atoms with E-state index >= 15 is 0 Å². The van der Waals surface area contributed by atoms with E-state index in [1.54, 1.807) is 30.1 Å². The van der Waals surface area contributed by atoms with E-state index in [4.69, 9.17) is 9.47 Å². The minimum Gasteiger partial charge on any atom is -0.454 e. The van der Waals surface area contributed by atoms with Crippen LogP contribution in [0.25, 0.3) is 0 Å². The molecule has 1 aromatic heterocycles. The van der Waals surface area contributed by atoms with Gasteiger partial charge in [0.25, 0.3) is 5.91 Å². The molecule has 108 valence electrons. The number of nitrogens with one attached hydrogen (secondary N) is 1. The second kappa shape index (κ2) is 5.72. The molecule has 7 nitrogen and oxygen atoms in total. The highest BCUT2D eigenvalue weighted by atomic mass is 127. The molecule has 1 aliphatic heterocycles. The quantitative estimate of drug-likeness (QED) is 0.483. The summed E-state index contributed by atoms with van der Waals surface area (Å²) < 4.78 is 12.8. The molecule has 0 radical (unpaired) electrons. The van der Waals surface area contributed by atoms with E-state index in [1.807, 2.05) is 6.07 Å². The normalized spacial score (nSPS) is 12.9. The van der Waals surface area contributed by atoms with Crippen LogP contribution >= 0.6 is 22.6 Å². The number of halogens is 1. The number of aryl methyl sites for hydroxylation is 1. The molecule has 1 aromatic carbocycles. The van der Waals surface area contributed by atoms with Gasteiger partial charge in [-0.2, -0.15) is 10.2 Å². The number of carbonyl (C=O) groups is 1. The maximum atomic E-state index is 11.9. The molecule has 1 N–H and O–H groups in total. The van der Waals surface area contributed by atoms with Crippen molar-refractivity contribution in [1.82, 2.24) is 15.2 Å². The lowest BCUT2D eigenvalue weighted by molar-refractivity contribution is 0.0948. The topological polar surface area (TPSA) is 77.7 Å². The SMILES string of the molecule is Cn1cc(I)c(C(=O)NN=Cc2ccc3c(c2)OCO3)n1. The molecule has 0 unspecified atom stereocenters. The molecule has 0 spiro atoms. The Labute approximate surface area is 134 Å². The third-order valence-corrected chi connectivity index (χ3v) is 3.56. The monoisotopic (exact) mass is 398 g/mol. The molecule has 1 amide bonds. The fourth-order valence-electron chi connectivity index (χ4n) is 1.83. The van der Waals surface area contributed by atoms with Crippen molar-refractivity contribution in [2.45, 2.75) is 0 Å². The summed E-state index contributed by atoms with van der Waals surface area (Å²) in [6, 6.07) is 5.42. The predicted molar refractivity (Wildman–Crippen MR) is 83.6 cm³/mol. The summed E-state index contributed by atoms with van der Waals surface area (Å²) in [5.41, 5.74) is 3.60. The Morgan fingerprint density at radius 1 is 1.48 bits per heavy atom. The Balaban J connectivity index is 1.67. The number of carbonyl (C=O) groups excluding carboxylic acids is 1. The second-order valence-electron chi connectivity index (χ2n) is 4.31. The van der Waals surface area contributed by atoms with E-state index in [9.17, 15) is 4.79 Å². The van der Waals surface area contributed by atoms with Crippen LogP contribution in [0.2, 0.25) is 0 Å². The number of fused-ring (bicyclic) bond motifs is 1. The number of aromatic nitrogens is 2. The highest BCUT2D eigenvalue weighted by Crippen LogP contribution is 2.31. The van der Waals surface area contributed by atoms with Gasteiger partial charge in [-0.15, -0.1) is 0 Å². The first-order chi connectivity index (χ1) is 10.1. The minimum absolute atomic E-state index is 0.227. The zero-order valence-electron chi connectivity index (χ0n) is 11.0. The molecular formula is C13H11IN4O3. The van der Waals surface area contributed by atoms with Crippen molar-refractivity contribution in [3.05, 3.63) is 39.2 Å².